The van der Waals surface area contributed by atoms with Crippen LogP contribution in [0.3, 0.4) is 0 Å². The molecule has 0 aromatic heterocycles. The summed E-state index contributed by atoms with van der Waals surface area (Å²) in [4.78, 5) is 13.0. The highest BCUT2D eigenvalue weighted by molar-refractivity contribution is 7.99. The number of hydrogen-bond acceptors (Lipinski definition) is 7. The molecule has 0 unspecified atom stereocenters. The van der Waals surface area contributed by atoms with Crippen molar-refractivity contribution in [3.05, 3.63) is 48.5 Å². The minimum Gasteiger partial charge on any atom is -0.457 e. The normalized spacial score (nSPS) is 16.2. The summed E-state index contributed by atoms with van der Waals surface area (Å²) in [5, 5.41) is 12.1. The maximum Gasteiger partial charge on any atom is 0.265 e. The molecule has 1 heterocycles. The van der Waals surface area contributed by atoms with E-state index in [-0.39, 0.29) is 17.7 Å². The minimum absolute atomic E-state index is 0.0231. The topological polar surface area (TPSA) is 105 Å². The molecule has 1 saturated heterocycles. The molecule has 0 radical (unpaired) electrons. The Kier molecular flexibility index (Phi) is 6.78. The van der Waals surface area contributed by atoms with Crippen LogP contribution in [0.25, 0.3) is 0 Å². The van der Waals surface area contributed by atoms with Crippen molar-refractivity contribution >= 4 is 27.5 Å². The van der Waals surface area contributed by atoms with Gasteiger partial charge in [-0.05, 0) is 74.5 Å². The van der Waals surface area contributed by atoms with E-state index in [1.165, 1.54) is 29.7 Å². The second-order valence-corrected chi connectivity index (χ2v) is 9.73. The molecule has 1 aliphatic heterocycles. The van der Waals surface area contributed by atoms with Crippen LogP contribution in [0.15, 0.2) is 58.3 Å². The lowest BCUT2D eigenvalue weighted by Gasteiger charge is -2.34. The van der Waals surface area contributed by atoms with Crippen LogP contribution in [0.5, 0.6) is 11.5 Å². The predicted molar refractivity (Wildman–Crippen MR) is 107 cm³/mol. The summed E-state index contributed by atoms with van der Waals surface area (Å²) in [6, 6.07) is 12.1. The van der Waals surface area contributed by atoms with Gasteiger partial charge in [-0.2, -0.15) is 0 Å². The molecule has 0 atom stereocenters. The zero-order chi connectivity index (χ0) is 20.9. The average Bonchev–Trinajstić information content (AvgIpc) is 2.75. The Morgan fingerprint density at radius 1 is 1.10 bits per heavy atom. The molecule has 1 amide bonds. The molecule has 2 aromatic rings. The second-order valence-electron chi connectivity index (χ2n) is 6.49. The molecule has 7 nitrogen and oxygen atoms in total. The lowest BCUT2D eigenvalue weighted by molar-refractivity contribution is -0.132. The van der Waals surface area contributed by atoms with Crippen LogP contribution >= 0.6 is 11.8 Å². The largest absolute Gasteiger partial charge is 0.457 e. The van der Waals surface area contributed by atoms with Gasteiger partial charge in [0.1, 0.15) is 17.5 Å². The molecule has 29 heavy (non-hydrogen) atoms. The fraction of sp³-hybridized carbons (Fsp3) is 0.316. The van der Waals surface area contributed by atoms with Crippen LogP contribution in [0, 0.1) is 0 Å². The van der Waals surface area contributed by atoms with Gasteiger partial charge in [-0.1, -0.05) is 11.8 Å². The molecule has 0 saturated carbocycles. The molecule has 0 spiro atoms. The Morgan fingerprint density at radius 3 is 2.17 bits per heavy atom. The Hall–Kier alpha value is -2.14. The molecule has 2 aromatic carbocycles. The fourth-order valence-electron chi connectivity index (χ4n) is 3.27. The van der Waals surface area contributed by atoms with Gasteiger partial charge in [0.25, 0.3) is 5.91 Å². The van der Waals surface area contributed by atoms with E-state index in [0.717, 1.165) is 16.7 Å². The lowest BCUT2D eigenvalue weighted by Crippen LogP contribution is -2.57. The molecular weight excluding hydrogens is 419 g/mol. The van der Waals surface area contributed by atoms with Crippen LogP contribution < -0.4 is 15.5 Å². The Morgan fingerprint density at radius 2 is 1.66 bits per heavy atom. The number of alkyl halides is 1. The number of benzene rings is 2. The van der Waals surface area contributed by atoms with Gasteiger partial charge >= 0.3 is 0 Å². The van der Waals surface area contributed by atoms with Crippen molar-refractivity contribution in [2.75, 3.05) is 19.1 Å². The molecular formula is C19H21FN2O5S2. The van der Waals surface area contributed by atoms with Gasteiger partial charge in [0, 0.05) is 4.90 Å². The average molecular weight is 441 g/mol. The first kappa shape index (κ1) is 21.6. The van der Waals surface area contributed by atoms with Gasteiger partial charge in [-0.25, -0.2) is 18.3 Å². The molecule has 0 bridgehead atoms. The molecule has 156 valence electrons. The molecule has 1 fully saturated rings. The highest BCUT2D eigenvalue weighted by atomic mass is 32.2. The first-order chi connectivity index (χ1) is 13.9. The summed E-state index contributed by atoms with van der Waals surface area (Å²) in [6.07, 6.45) is 0.117. The fourth-order valence-corrected chi connectivity index (χ4v) is 5.70. The van der Waals surface area contributed by atoms with Crippen LogP contribution in [-0.2, 0) is 14.6 Å². The number of thioether (sulfide) groups is 1. The summed E-state index contributed by atoms with van der Waals surface area (Å²) < 4.78 is 42.7. The number of hydrogen-bond donors (Lipinski definition) is 3. The van der Waals surface area contributed by atoms with Crippen molar-refractivity contribution < 1.29 is 27.5 Å². The quantitative estimate of drug-likeness (QED) is 0.345. The minimum atomic E-state index is -4.04. The van der Waals surface area contributed by atoms with E-state index in [1.807, 2.05) is 0 Å². The van der Waals surface area contributed by atoms with E-state index in [0.29, 0.717) is 24.6 Å². The Balaban J connectivity index is 1.81. The van der Waals surface area contributed by atoms with Crippen molar-refractivity contribution in [3.8, 4) is 11.5 Å². The monoisotopic (exact) mass is 440 g/mol. The highest BCUT2D eigenvalue weighted by Gasteiger charge is 2.51. The van der Waals surface area contributed by atoms with Gasteiger partial charge < -0.3 is 10.1 Å². The van der Waals surface area contributed by atoms with E-state index in [2.05, 4.69) is 5.32 Å². The summed E-state index contributed by atoms with van der Waals surface area (Å²) in [5.41, 5.74) is 1.51. The number of carbonyl (C=O) groups excluding carboxylic acids is 1. The van der Waals surface area contributed by atoms with Gasteiger partial charge in [-0.15, -0.1) is 0 Å². The van der Waals surface area contributed by atoms with Crippen molar-refractivity contribution in [2.24, 2.45) is 0 Å². The zero-order valence-electron chi connectivity index (χ0n) is 15.4. The number of nitrogens with one attached hydrogen (secondary N) is 2. The van der Waals surface area contributed by atoms with Gasteiger partial charge in [0.15, 0.2) is 14.6 Å². The van der Waals surface area contributed by atoms with Crippen LogP contribution in [0.2, 0.25) is 0 Å². The van der Waals surface area contributed by atoms with E-state index in [1.54, 1.807) is 24.3 Å². The number of sulfone groups is 1. The van der Waals surface area contributed by atoms with E-state index >= 15 is 0 Å². The van der Waals surface area contributed by atoms with Gasteiger partial charge in [0.2, 0.25) is 0 Å². The number of amides is 1. The van der Waals surface area contributed by atoms with Crippen LogP contribution in [0.4, 0.5) is 4.39 Å². The van der Waals surface area contributed by atoms with Crippen molar-refractivity contribution in [3.63, 3.8) is 0 Å². The van der Waals surface area contributed by atoms with Gasteiger partial charge in [0.05, 0.1) is 4.90 Å². The van der Waals surface area contributed by atoms with Crippen LogP contribution in [0.1, 0.15) is 12.8 Å². The van der Waals surface area contributed by atoms with Gasteiger partial charge in [-0.3, -0.25) is 10.0 Å². The van der Waals surface area contributed by atoms with Crippen LogP contribution in [-0.4, -0.2) is 43.4 Å². The van der Waals surface area contributed by atoms with E-state index < -0.39 is 26.5 Å². The Bertz CT molecular complexity index is 944. The standard InChI is InChI=1S/C19H21FN2O5S2/c20-13-28-16-5-1-14(2-6-16)27-15-3-7-17(8-4-15)29(25,26)19(18(23)22-24)9-11-21-12-10-19/h1-8,21,24H,9-13H2,(H,22,23). The Labute approximate surface area is 172 Å². The molecule has 10 heteroatoms. The zero-order valence-corrected chi connectivity index (χ0v) is 17.1. The number of carbonyl (C=O) groups is 1. The van der Waals surface area contributed by atoms with Crippen molar-refractivity contribution in [1.82, 2.24) is 10.8 Å². The lowest BCUT2D eigenvalue weighted by atomic mass is 9.96. The number of piperidine rings is 1. The molecule has 3 N–H and O–H groups in total. The summed E-state index contributed by atoms with van der Waals surface area (Å²) >= 11 is 1.07. The van der Waals surface area contributed by atoms with E-state index in [9.17, 15) is 17.6 Å². The van der Waals surface area contributed by atoms with E-state index in [4.69, 9.17) is 9.94 Å². The first-order valence-corrected chi connectivity index (χ1v) is 11.4. The third-order valence-electron chi connectivity index (χ3n) is 4.86. The number of ether oxygens (including phenoxy) is 1. The van der Waals surface area contributed by atoms with Crippen molar-refractivity contribution in [1.29, 1.82) is 0 Å². The highest BCUT2D eigenvalue weighted by Crippen LogP contribution is 2.35. The maximum absolute atomic E-state index is 13.2. The summed E-state index contributed by atoms with van der Waals surface area (Å²) in [7, 11) is -4.04. The maximum atomic E-state index is 13.2. The third-order valence-corrected chi connectivity index (χ3v) is 8.09. The van der Waals surface area contributed by atoms with Crippen molar-refractivity contribution in [2.45, 2.75) is 27.4 Å². The smallest absolute Gasteiger partial charge is 0.265 e. The molecule has 3 rings (SSSR count). The predicted octanol–water partition coefficient (Wildman–Crippen LogP) is 2.90. The summed E-state index contributed by atoms with van der Waals surface area (Å²) in [5.74, 6) is 0.0182. The number of halogens is 1. The number of rotatable bonds is 7. The SMILES string of the molecule is O=C(NO)C1(S(=O)(=O)c2ccc(Oc3ccc(SCF)cc3)cc2)CCNCC1. The first-order valence-electron chi connectivity index (χ1n) is 8.89. The molecule has 0 aliphatic carbocycles. The molecule has 1 aliphatic rings. The second kappa shape index (κ2) is 9.12. The number of hydroxylamine groups is 1. The summed E-state index contributed by atoms with van der Waals surface area (Å²) in [6.45, 7) is 0.703. The third kappa shape index (κ3) is 4.40.